The smallest absolute Gasteiger partial charge is 0.124 e. The van der Waals surface area contributed by atoms with Gasteiger partial charge in [-0.15, -0.1) is 0 Å². The predicted octanol–water partition coefficient (Wildman–Crippen LogP) is 3.80. The van der Waals surface area contributed by atoms with E-state index >= 15 is 0 Å². The molecule has 0 saturated carbocycles. The van der Waals surface area contributed by atoms with Crippen molar-refractivity contribution in [3.05, 3.63) is 29.8 Å². The monoisotopic (exact) mass is 286 g/mol. The van der Waals surface area contributed by atoms with Gasteiger partial charge in [-0.05, 0) is 12.0 Å². The molecule has 0 saturated heterocycles. The van der Waals surface area contributed by atoms with Crippen molar-refractivity contribution < 1.29 is 9.47 Å². The van der Waals surface area contributed by atoms with Crippen molar-refractivity contribution in [2.45, 2.75) is 20.0 Å². The molecule has 90 valence electrons. The third-order valence-corrected chi connectivity index (χ3v) is 2.84. The van der Waals surface area contributed by atoms with Crippen LogP contribution in [0.4, 0.5) is 0 Å². The first-order valence-electron chi connectivity index (χ1n) is 5.49. The lowest BCUT2D eigenvalue weighted by Crippen LogP contribution is -2.11. The number of ether oxygens (including phenoxy) is 2. The molecule has 1 unspecified atom stereocenters. The highest BCUT2D eigenvalue weighted by Gasteiger charge is 2.15. The topological polar surface area (TPSA) is 18.5 Å². The zero-order chi connectivity index (χ0) is 12.0. The first-order valence-corrected chi connectivity index (χ1v) is 6.61. The van der Waals surface area contributed by atoms with Gasteiger partial charge in [-0.2, -0.15) is 0 Å². The van der Waals surface area contributed by atoms with Gasteiger partial charge in [0.15, 0.2) is 0 Å². The van der Waals surface area contributed by atoms with Gasteiger partial charge in [0, 0.05) is 17.5 Å². The van der Waals surface area contributed by atoms with Crippen LogP contribution in [-0.2, 0) is 4.74 Å². The van der Waals surface area contributed by atoms with E-state index < -0.39 is 0 Å². The lowest BCUT2D eigenvalue weighted by atomic mass is 10.1. The number of halogens is 1. The third kappa shape index (κ3) is 3.80. The van der Waals surface area contributed by atoms with Crippen LogP contribution in [0.3, 0.4) is 0 Å². The summed E-state index contributed by atoms with van der Waals surface area (Å²) in [7, 11) is 1.69. The largest absolute Gasteiger partial charge is 0.496 e. The zero-order valence-corrected chi connectivity index (χ0v) is 11.7. The Morgan fingerprint density at radius 3 is 2.50 bits per heavy atom. The maximum atomic E-state index is 5.85. The van der Waals surface area contributed by atoms with Gasteiger partial charge in [0.1, 0.15) is 5.75 Å². The molecule has 1 rings (SSSR count). The second-order valence-electron chi connectivity index (χ2n) is 4.11. The summed E-state index contributed by atoms with van der Waals surface area (Å²) in [6, 6.07) is 7.98. The second-order valence-corrected chi connectivity index (χ2v) is 4.76. The van der Waals surface area contributed by atoms with Crippen molar-refractivity contribution in [3.63, 3.8) is 0 Å². The van der Waals surface area contributed by atoms with E-state index in [-0.39, 0.29) is 6.10 Å². The van der Waals surface area contributed by atoms with Crippen molar-refractivity contribution in [2.75, 3.05) is 19.0 Å². The molecule has 0 aliphatic carbocycles. The van der Waals surface area contributed by atoms with Crippen molar-refractivity contribution in [2.24, 2.45) is 5.92 Å². The molecular formula is C13H19BrO2. The molecule has 0 radical (unpaired) electrons. The van der Waals surface area contributed by atoms with E-state index in [0.29, 0.717) is 5.92 Å². The molecule has 0 aromatic heterocycles. The quantitative estimate of drug-likeness (QED) is 0.741. The van der Waals surface area contributed by atoms with E-state index in [1.54, 1.807) is 7.11 Å². The van der Waals surface area contributed by atoms with Crippen LogP contribution in [0.25, 0.3) is 0 Å². The Morgan fingerprint density at radius 1 is 1.25 bits per heavy atom. The third-order valence-electron chi connectivity index (χ3n) is 2.26. The van der Waals surface area contributed by atoms with E-state index in [1.165, 1.54) is 0 Å². The molecule has 2 nitrogen and oxygen atoms in total. The Labute approximate surface area is 106 Å². The van der Waals surface area contributed by atoms with Crippen LogP contribution < -0.4 is 4.74 Å². The Hall–Kier alpha value is -0.540. The van der Waals surface area contributed by atoms with Crippen LogP contribution in [0.2, 0.25) is 0 Å². The molecule has 0 fully saturated rings. The highest BCUT2D eigenvalue weighted by Crippen LogP contribution is 2.29. The second kappa shape index (κ2) is 6.92. The number of alkyl halides is 1. The predicted molar refractivity (Wildman–Crippen MR) is 70.3 cm³/mol. The molecular weight excluding hydrogens is 268 g/mol. The number of para-hydroxylation sites is 1. The number of methoxy groups -OCH3 is 1. The van der Waals surface area contributed by atoms with Crippen LogP contribution in [-0.4, -0.2) is 19.0 Å². The molecule has 0 aliphatic rings. The summed E-state index contributed by atoms with van der Waals surface area (Å²) in [5, 5.41) is 0.778. The van der Waals surface area contributed by atoms with Crippen LogP contribution in [0, 0.1) is 5.92 Å². The minimum Gasteiger partial charge on any atom is -0.496 e. The Balaban J connectivity index is 2.77. The van der Waals surface area contributed by atoms with Gasteiger partial charge in [-0.1, -0.05) is 48.0 Å². The Kier molecular flexibility index (Phi) is 5.85. The molecule has 16 heavy (non-hydrogen) atoms. The normalized spacial score (nSPS) is 12.8. The molecule has 0 bridgehead atoms. The summed E-state index contributed by atoms with van der Waals surface area (Å²) in [6.07, 6.45) is 0.0542. The van der Waals surface area contributed by atoms with Crippen molar-refractivity contribution in [1.29, 1.82) is 0 Å². The molecule has 0 heterocycles. The molecule has 1 aromatic rings. The Morgan fingerprint density at radius 2 is 1.94 bits per heavy atom. The lowest BCUT2D eigenvalue weighted by Gasteiger charge is -2.19. The van der Waals surface area contributed by atoms with Gasteiger partial charge in [0.25, 0.3) is 0 Å². The number of rotatable bonds is 6. The first kappa shape index (κ1) is 13.5. The van der Waals surface area contributed by atoms with E-state index in [9.17, 15) is 0 Å². The highest BCUT2D eigenvalue weighted by atomic mass is 79.9. The first-order chi connectivity index (χ1) is 7.69. The average Bonchev–Trinajstić information content (AvgIpc) is 2.30. The summed E-state index contributed by atoms with van der Waals surface area (Å²) >= 11 is 3.49. The number of hydrogen-bond acceptors (Lipinski definition) is 2. The van der Waals surface area contributed by atoms with Gasteiger partial charge in [-0.3, -0.25) is 0 Å². The van der Waals surface area contributed by atoms with Gasteiger partial charge < -0.3 is 9.47 Å². The van der Waals surface area contributed by atoms with Gasteiger partial charge in [0.2, 0.25) is 0 Å². The van der Waals surface area contributed by atoms with E-state index in [1.807, 2.05) is 24.3 Å². The summed E-state index contributed by atoms with van der Waals surface area (Å²) < 4.78 is 11.2. The molecule has 0 amide bonds. The van der Waals surface area contributed by atoms with Crippen molar-refractivity contribution in [1.82, 2.24) is 0 Å². The fraction of sp³-hybridized carbons (Fsp3) is 0.538. The fourth-order valence-corrected chi connectivity index (χ4v) is 1.99. The van der Waals surface area contributed by atoms with Gasteiger partial charge in [0.05, 0.1) is 13.2 Å². The summed E-state index contributed by atoms with van der Waals surface area (Å²) in [5.41, 5.74) is 1.10. The lowest BCUT2D eigenvalue weighted by molar-refractivity contribution is 0.0492. The minimum atomic E-state index is 0.0542. The molecule has 0 N–H and O–H groups in total. The summed E-state index contributed by atoms with van der Waals surface area (Å²) in [5.74, 6) is 1.42. The molecule has 1 aromatic carbocycles. The molecule has 3 heteroatoms. The van der Waals surface area contributed by atoms with Crippen LogP contribution >= 0.6 is 15.9 Å². The number of hydrogen-bond donors (Lipinski definition) is 0. The van der Waals surface area contributed by atoms with Gasteiger partial charge in [-0.25, -0.2) is 0 Å². The standard InChI is InChI=1S/C13H19BrO2/c1-10(2)9-16-13(8-14)11-6-4-5-7-12(11)15-3/h4-7,10,13H,8-9H2,1-3H3. The fourth-order valence-electron chi connectivity index (χ4n) is 1.46. The zero-order valence-electron chi connectivity index (χ0n) is 10.1. The van der Waals surface area contributed by atoms with E-state index in [4.69, 9.17) is 9.47 Å². The molecule has 0 spiro atoms. The van der Waals surface area contributed by atoms with Crippen LogP contribution in [0.5, 0.6) is 5.75 Å². The SMILES string of the molecule is COc1ccccc1C(CBr)OCC(C)C. The van der Waals surface area contributed by atoms with Crippen molar-refractivity contribution >= 4 is 15.9 Å². The maximum absolute atomic E-state index is 5.85. The Bertz CT molecular complexity index is 313. The van der Waals surface area contributed by atoms with Gasteiger partial charge >= 0.3 is 0 Å². The van der Waals surface area contributed by atoms with Crippen molar-refractivity contribution in [3.8, 4) is 5.75 Å². The van der Waals surface area contributed by atoms with E-state index in [0.717, 1.165) is 23.2 Å². The minimum absolute atomic E-state index is 0.0542. The van der Waals surface area contributed by atoms with Crippen LogP contribution in [0.1, 0.15) is 25.5 Å². The molecule has 1 atom stereocenters. The summed E-state index contributed by atoms with van der Waals surface area (Å²) in [4.78, 5) is 0. The van der Waals surface area contributed by atoms with E-state index in [2.05, 4.69) is 29.8 Å². The number of benzene rings is 1. The average molecular weight is 287 g/mol. The molecule has 0 aliphatic heterocycles. The summed E-state index contributed by atoms with van der Waals surface area (Å²) in [6.45, 7) is 5.05. The highest BCUT2D eigenvalue weighted by molar-refractivity contribution is 9.09. The van der Waals surface area contributed by atoms with Crippen LogP contribution in [0.15, 0.2) is 24.3 Å². The maximum Gasteiger partial charge on any atom is 0.124 e.